The van der Waals surface area contributed by atoms with Crippen LogP contribution in [0, 0.1) is 0 Å². The molecule has 1 saturated heterocycles. The lowest BCUT2D eigenvalue weighted by Crippen LogP contribution is -2.46. The first-order valence-electron chi connectivity index (χ1n) is 6.04. The van der Waals surface area contributed by atoms with E-state index in [-0.39, 0.29) is 0 Å². The molecule has 0 atom stereocenters. The number of carbonyl (C=O) groups is 1. The Bertz CT molecular complexity index is 492. The minimum absolute atomic E-state index is 0.738. The number of piperazine rings is 1. The average molecular weight is 242 g/mol. The van der Waals surface area contributed by atoms with Gasteiger partial charge in [-0.15, -0.1) is 0 Å². The molecule has 0 aromatic heterocycles. The monoisotopic (exact) mass is 242 g/mol. The van der Waals surface area contributed by atoms with E-state index in [2.05, 4.69) is 14.9 Å². The molecule has 18 heavy (non-hydrogen) atoms. The smallest absolute Gasteiger partial charge is 0.226 e. The van der Waals surface area contributed by atoms with Crippen LogP contribution in [-0.4, -0.2) is 47.5 Å². The molecule has 0 aromatic rings. The number of nitrogens with zero attached hydrogens (tertiary/aromatic N) is 4. The van der Waals surface area contributed by atoms with E-state index in [4.69, 9.17) is 0 Å². The molecule has 3 aliphatic rings. The highest BCUT2D eigenvalue weighted by Gasteiger charge is 2.20. The molecule has 5 nitrogen and oxygen atoms in total. The van der Waals surface area contributed by atoms with E-state index in [1.54, 1.807) is 4.90 Å². The van der Waals surface area contributed by atoms with Crippen molar-refractivity contribution < 1.29 is 4.79 Å². The van der Waals surface area contributed by atoms with Gasteiger partial charge in [0, 0.05) is 26.2 Å². The van der Waals surface area contributed by atoms with Gasteiger partial charge in [0.15, 0.2) is 0 Å². The Hall–Kier alpha value is -2.17. The molecule has 0 unspecified atom stereocenters. The summed E-state index contributed by atoms with van der Waals surface area (Å²) in [6.45, 7) is 3.06. The van der Waals surface area contributed by atoms with Crippen molar-refractivity contribution in [2.24, 2.45) is 0 Å². The summed E-state index contributed by atoms with van der Waals surface area (Å²) in [5, 5.41) is 0. The van der Waals surface area contributed by atoms with Crippen molar-refractivity contribution in [1.29, 1.82) is 0 Å². The summed E-state index contributed by atoms with van der Waals surface area (Å²) in [4.78, 5) is 23.6. The van der Waals surface area contributed by atoms with E-state index < -0.39 is 0 Å². The lowest BCUT2D eigenvalue weighted by Gasteiger charge is -2.31. The van der Waals surface area contributed by atoms with Gasteiger partial charge in [0.25, 0.3) is 0 Å². The first-order valence-corrected chi connectivity index (χ1v) is 6.04. The lowest BCUT2D eigenvalue weighted by molar-refractivity contribution is -0.118. The topological polar surface area (TPSA) is 49.3 Å². The number of imidazole rings is 1. The van der Waals surface area contributed by atoms with Crippen molar-refractivity contribution in [3.63, 3.8) is 0 Å². The quantitative estimate of drug-likeness (QED) is 0.733. The Balaban J connectivity index is 1.83. The number of hydrogen-bond donors (Lipinski definition) is 0. The summed E-state index contributed by atoms with van der Waals surface area (Å²) in [6, 6.07) is 9.82. The third-order valence-corrected chi connectivity index (χ3v) is 3.18. The Morgan fingerprint density at radius 2 is 1.56 bits per heavy atom. The van der Waals surface area contributed by atoms with Gasteiger partial charge in [-0.05, 0) is 12.1 Å². The van der Waals surface area contributed by atoms with E-state index in [0.717, 1.165) is 49.9 Å². The second-order valence-corrected chi connectivity index (χ2v) is 4.33. The summed E-state index contributed by atoms with van der Waals surface area (Å²) in [7, 11) is 0. The van der Waals surface area contributed by atoms with Crippen molar-refractivity contribution in [3.8, 4) is 11.4 Å². The number of rotatable bonds is 2. The van der Waals surface area contributed by atoms with Crippen LogP contribution in [0.5, 0.6) is 0 Å². The maximum Gasteiger partial charge on any atom is 0.226 e. The number of anilines is 1. The van der Waals surface area contributed by atoms with Crippen LogP contribution >= 0.6 is 0 Å². The fourth-order valence-electron chi connectivity index (χ4n) is 2.13. The molecule has 1 fully saturated rings. The maximum atomic E-state index is 10.7. The minimum atomic E-state index is 0.738. The molecule has 92 valence electrons. The number of amides is 1. The molecule has 0 spiro atoms. The summed E-state index contributed by atoms with van der Waals surface area (Å²) in [5.41, 5.74) is 1.82. The molecule has 5 heteroatoms. The summed E-state index contributed by atoms with van der Waals surface area (Å²) < 4.78 is 0. The highest BCUT2D eigenvalue weighted by molar-refractivity contribution is 5.60. The van der Waals surface area contributed by atoms with Gasteiger partial charge in [-0.2, -0.15) is 0 Å². The van der Waals surface area contributed by atoms with Crippen molar-refractivity contribution in [1.82, 2.24) is 14.9 Å². The Kier molecular flexibility index (Phi) is 2.80. The molecular formula is C13H14N4O. The van der Waals surface area contributed by atoms with Gasteiger partial charge in [-0.3, -0.25) is 4.79 Å². The molecule has 3 rings (SSSR count). The van der Waals surface area contributed by atoms with Crippen molar-refractivity contribution in [3.05, 3.63) is 30.3 Å². The molecule has 1 amide bonds. The van der Waals surface area contributed by atoms with Crippen molar-refractivity contribution in [2.75, 3.05) is 31.1 Å². The fraction of sp³-hybridized carbons (Fsp3) is 0.308. The predicted molar refractivity (Wildman–Crippen MR) is 68.5 cm³/mol. The van der Waals surface area contributed by atoms with Gasteiger partial charge in [-0.1, -0.05) is 18.2 Å². The molecule has 0 bridgehead atoms. The summed E-state index contributed by atoms with van der Waals surface area (Å²) in [6.07, 6.45) is 0.902. The SMILES string of the molecule is O=CN1CCN(c2nc3cccccc-3n2)CC1. The van der Waals surface area contributed by atoms with Crippen molar-refractivity contribution >= 4 is 12.4 Å². The van der Waals surface area contributed by atoms with Gasteiger partial charge in [-0.25, -0.2) is 9.97 Å². The van der Waals surface area contributed by atoms with Gasteiger partial charge in [0.05, 0.1) is 11.4 Å². The molecule has 0 aromatic carbocycles. The number of carbonyl (C=O) groups excluding carboxylic acids is 1. The van der Waals surface area contributed by atoms with Crippen LogP contribution in [-0.2, 0) is 4.79 Å². The van der Waals surface area contributed by atoms with Crippen LogP contribution in [0.15, 0.2) is 30.3 Å². The highest BCUT2D eigenvalue weighted by atomic mass is 16.1. The van der Waals surface area contributed by atoms with E-state index in [9.17, 15) is 4.79 Å². The maximum absolute atomic E-state index is 10.7. The third-order valence-electron chi connectivity index (χ3n) is 3.18. The zero-order chi connectivity index (χ0) is 12.4. The second kappa shape index (κ2) is 4.60. The van der Waals surface area contributed by atoms with Gasteiger partial charge < -0.3 is 9.80 Å². The van der Waals surface area contributed by atoms with Crippen molar-refractivity contribution in [2.45, 2.75) is 0 Å². The summed E-state index contributed by atoms with van der Waals surface area (Å²) >= 11 is 0. The lowest BCUT2D eigenvalue weighted by atomic mass is 10.3. The molecule has 0 radical (unpaired) electrons. The second-order valence-electron chi connectivity index (χ2n) is 4.33. The van der Waals surface area contributed by atoms with Crippen LogP contribution < -0.4 is 4.90 Å². The predicted octanol–water partition coefficient (Wildman–Crippen LogP) is 0.860. The number of aromatic nitrogens is 2. The van der Waals surface area contributed by atoms with Gasteiger partial charge in [0.2, 0.25) is 12.4 Å². The van der Waals surface area contributed by atoms with Crippen LogP contribution in [0.4, 0.5) is 5.95 Å². The van der Waals surface area contributed by atoms with E-state index in [0.29, 0.717) is 0 Å². The summed E-state index contributed by atoms with van der Waals surface area (Å²) in [5.74, 6) is 0.766. The average Bonchev–Trinajstić information content (AvgIpc) is 2.70. The largest absolute Gasteiger partial charge is 0.342 e. The zero-order valence-electron chi connectivity index (χ0n) is 9.99. The molecule has 1 aliphatic carbocycles. The minimum Gasteiger partial charge on any atom is -0.342 e. The fourth-order valence-corrected chi connectivity index (χ4v) is 2.13. The zero-order valence-corrected chi connectivity index (χ0v) is 9.99. The molecule has 0 N–H and O–H groups in total. The van der Waals surface area contributed by atoms with Crippen LogP contribution in [0.25, 0.3) is 11.4 Å². The van der Waals surface area contributed by atoms with E-state index >= 15 is 0 Å². The van der Waals surface area contributed by atoms with Crippen LogP contribution in [0.2, 0.25) is 0 Å². The van der Waals surface area contributed by atoms with Gasteiger partial charge >= 0.3 is 0 Å². The van der Waals surface area contributed by atoms with Crippen LogP contribution in [0.1, 0.15) is 0 Å². The molecular weight excluding hydrogens is 228 g/mol. The standard InChI is InChI=1S/C13H14N4O/c18-10-16-6-8-17(9-7-16)13-14-11-4-2-1-3-5-12(11)15-13/h1-5,10H,6-9H2. The third kappa shape index (κ3) is 1.99. The number of fused-ring (bicyclic) bond motifs is 1. The Morgan fingerprint density at radius 1 is 0.944 bits per heavy atom. The number of hydrogen-bond acceptors (Lipinski definition) is 4. The van der Waals surface area contributed by atoms with Crippen LogP contribution in [0.3, 0.4) is 0 Å². The molecule has 0 saturated carbocycles. The normalized spacial score (nSPS) is 16.0. The first-order chi connectivity index (χ1) is 8.86. The molecule has 2 aliphatic heterocycles. The Morgan fingerprint density at radius 3 is 2.11 bits per heavy atom. The van der Waals surface area contributed by atoms with E-state index in [1.165, 1.54) is 0 Å². The first kappa shape index (κ1) is 11.0. The van der Waals surface area contributed by atoms with Gasteiger partial charge in [0.1, 0.15) is 0 Å². The molecule has 2 heterocycles. The Labute approximate surface area is 105 Å². The highest BCUT2D eigenvalue weighted by Crippen LogP contribution is 2.22. The van der Waals surface area contributed by atoms with E-state index in [1.807, 2.05) is 30.3 Å².